The van der Waals surface area contributed by atoms with Crippen LogP contribution in [0.4, 0.5) is 0 Å². The summed E-state index contributed by atoms with van der Waals surface area (Å²) in [7, 11) is -3.66. The van der Waals surface area contributed by atoms with Gasteiger partial charge in [0.15, 0.2) is 11.5 Å². The Kier molecular flexibility index (Phi) is 7.28. The summed E-state index contributed by atoms with van der Waals surface area (Å²) in [5.41, 5.74) is 6.52. The molecular formula is C18H23ClN2O4S. The minimum Gasteiger partial charge on any atom is -0.486 e. The molecule has 26 heavy (non-hydrogen) atoms. The number of sulfonamides is 1. The fraction of sp³-hybridized carbons (Fsp3) is 0.333. The zero-order valence-corrected chi connectivity index (χ0v) is 16.0. The quantitative estimate of drug-likeness (QED) is 0.774. The standard InChI is InChI=1S/C18H22N2O4S.ClH/c19-9-4-10-20(14-15-5-2-1-3-6-15)25(21,22)16-7-8-17-18(13-16)24-12-11-23-17;/h1-3,5-8,13H,4,9-12,14,19H2;1H. The molecule has 0 radical (unpaired) electrons. The molecule has 8 heteroatoms. The van der Waals surface area contributed by atoms with Gasteiger partial charge in [0, 0.05) is 19.2 Å². The number of halogens is 1. The molecule has 1 aliphatic heterocycles. The zero-order valence-electron chi connectivity index (χ0n) is 14.3. The Labute approximate surface area is 160 Å². The van der Waals surface area contributed by atoms with Crippen LogP contribution >= 0.6 is 12.4 Å². The fourth-order valence-corrected chi connectivity index (χ4v) is 4.15. The maximum atomic E-state index is 13.1. The zero-order chi connectivity index (χ0) is 17.7. The van der Waals surface area contributed by atoms with E-state index in [9.17, 15) is 8.42 Å². The van der Waals surface area contributed by atoms with Gasteiger partial charge < -0.3 is 15.2 Å². The van der Waals surface area contributed by atoms with Crippen molar-refractivity contribution in [3.05, 3.63) is 54.1 Å². The molecule has 0 bridgehead atoms. The molecule has 0 aliphatic carbocycles. The predicted molar refractivity (Wildman–Crippen MR) is 102 cm³/mol. The van der Waals surface area contributed by atoms with Crippen LogP contribution in [-0.4, -0.2) is 39.0 Å². The van der Waals surface area contributed by atoms with Gasteiger partial charge in [0.25, 0.3) is 0 Å². The highest BCUT2D eigenvalue weighted by molar-refractivity contribution is 7.89. The van der Waals surface area contributed by atoms with Crippen LogP contribution in [-0.2, 0) is 16.6 Å². The lowest BCUT2D eigenvalue weighted by Crippen LogP contribution is -2.32. The third kappa shape index (κ3) is 4.67. The Morgan fingerprint density at radius 1 is 1.00 bits per heavy atom. The first kappa shape index (κ1) is 20.5. The second-order valence-corrected chi connectivity index (χ2v) is 7.71. The molecule has 2 N–H and O–H groups in total. The smallest absolute Gasteiger partial charge is 0.243 e. The molecule has 6 nitrogen and oxygen atoms in total. The predicted octanol–water partition coefficient (Wildman–Crippen LogP) is 2.42. The summed E-state index contributed by atoms with van der Waals surface area (Å²) in [6.45, 7) is 1.98. The maximum Gasteiger partial charge on any atom is 0.243 e. The summed E-state index contributed by atoms with van der Waals surface area (Å²) in [5, 5.41) is 0. The van der Waals surface area contributed by atoms with Crippen molar-refractivity contribution in [1.29, 1.82) is 0 Å². The van der Waals surface area contributed by atoms with Crippen molar-refractivity contribution in [2.75, 3.05) is 26.3 Å². The van der Waals surface area contributed by atoms with Crippen molar-refractivity contribution >= 4 is 22.4 Å². The second kappa shape index (κ2) is 9.23. The Bertz CT molecular complexity index is 815. The number of hydrogen-bond donors (Lipinski definition) is 1. The molecule has 2 aromatic carbocycles. The Hall–Kier alpha value is -1.80. The first-order valence-corrected chi connectivity index (χ1v) is 9.69. The summed E-state index contributed by atoms with van der Waals surface area (Å²) < 4.78 is 38.7. The van der Waals surface area contributed by atoms with Crippen LogP contribution < -0.4 is 15.2 Å². The summed E-state index contributed by atoms with van der Waals surface area (Å²) in [4.78, 5) is 0.199. The summed E-state index contributed by atoms with van der Waals surface area (Å²) in [6, 6.07) is 14.3. The summed E-state index contributed by atoms with van der Waals surface area (Å²) in [6.07, 6.45) is 0.594. The van der Waals surface area contributed by atoms with Gasteiger partial charge >= 0.3 is 0 Å². The van der Waals surface area contributed by atoms with Crippen LogP contribution in [0.2, 0.25) is 0 Å². The molecule has 2 aromatic rings. The van der Waals surface area contributed by atoms with E-state index in [1.54, 1.807) is 12.1 Å². The van der Waals surface area contributed by atoms with Crippen LogP contribution in [0.5, 0.6) is 11.5 Å². The Morgan fingerprint density at radius 2 is 1.69 bits per heavy atom. The van der Waals surface area contributed by atoms with Gasteiger partial charge in [-0.1, -0.05) is 30.3 Å². The normalized spacial score (nSPS) is 13.3. The minimum absolute atomic E-state index is 0. The molecule has 0 fully saturated rings. The fourth-order valence-electron chi connectivity index (χ4n) is 2.67. The number of nitrogens with two attached hydrogens (primary N) is 1. The van der Waals surface area contributed by atoms with Crippen LogP contribution in [0, 0.1) is 0 Å². The van der Waals surface area contributed by atoms with E-state index >= 15 is 0 Å². The van der Waals surface area contributed by atoms with E-state index in [4.69, 9.17) is 15.2 Å². The lowest BCUT2D eigenvalue weighted by molar-refractivity contribution is 0.171. The highest BCUT2D eigenvalue weighted by Crippen LogP contribution is 2.33. The van der Waals surface area contributed by atoms with Crippen molar-refractivity contribution in [2.24, 2.45) is 5.73 Å². The molecule has 1 heterocycles. The third-order valence-corrected chi connectivity index (χ3v) is 5.81. The molecule has 0 aromatic heterocycles. The highest BCUT2D eigenvalue weighted by Gasteiger charge is 2.26. The summed E-state index contributed by atoms with van der Waals surface area (Å²) >= 11 is 0. The molecule has 0 spiro atoms. The van der Waals surface area contributed by atoms with E-state index in [1.807, 2.05) is 30.3 Å². The van der Waals surface area contributed by atoms with E-state index in [1.165, 1.54) is 10.4 Å². The van der Waals surface area contributed by atoms with Gasteiger partial charge in [-0.2, -0.15) is 4.31 Å². The van der Waals surface area contributed by atoms with Crippen molar-refractivity contribution in [3.63, 3.8) is 0 Å². The average Bonchev–Trinajstić information content (AvgIpc) is 2.65. The molecule has 0 atom stereocenters. The van der Waals surface area contributed by atoms with E-state index in [0.29, 0.717) is 50.8 Å². The first-order valence-electron chi connectivity index (χ1n) is 8.25. The SMILES string of the molecule is Cl.NCCCN(Cc1ccccc1)S(=O)(=O)c1ccc2c(c1)OCCO2. The number of rotatable bonds is 7. The van der Waals surface area contributed by atoms with Crippen molar-refractivity contribution in [2.45, 2.75) is 17.9 Å². The van der Waals surface area contributed by atoms with E-state index < -0.39 is 10.0 Å². The molecule has 0 saturated heterocycles. The van der Waals surface area contributed by atoms with Crippen LogP contribution in [0.25, 0.3) is 0 Å². The van der Waals surface area contributed by atoms with E-state index in [-0.39, 0.29) is 17.3 Å². The lowest BCUT2D eigenvalue weighted by atomic mass is 10.2. The van der Waals surface area contributed by atoms with Crippen LogP contribution in [0.15, 0.2) is 53.4 Å². The van der Waals surface area contributed by atoms with Gasteiger partial charge in [-0.15, -0.1) is 12.4 Å². The van der Waals surface area contributed by atoms with Gasteiger partial charge in [-0.05, 0) is 30.7 Å². The number of fused-ring (bicyclic) bond motifs is 1. The van der Waals surface area contributed by atoms with Gasteiger partial charge in [0.1, 0.15) is 13.2 Å². The van der Waals surface area contributed by atoms with Gasteiger partial charge in [-0.25, -0.2) is 8.42 Å². The van der Waals surface area contributed by atoms with Gasteiger partial charge in [0.05, 0.1) is 4.90 Å². The van der Waals surface area contributed by atoms with Gasteiger partial charge in [-0.3, -0.25) is 0 Å². The number of ether oxygens (including phenoxy) is 2. The van der Waals surface area contributed by atoms with Crippen molar-refractivity contribution in [3.8, 4) is 11.5 Å². The third-order valence-electron chi connectivity index (χ3n) is 3.96. The molecule has 3 rings (SSSR count). The molecule has 1 aliphatic rings. The molecule has 0 saturated carbocycles. The maximum absolute atomic E-state index is 13.1. The molecular weight excluding hydrogens is 376 g/mol. The average molecular weight is 399 g/mol. The monoisotopic (exact) mass is 398 g/mol. The lowest BCUT2D eigenvalue weighted by Gasteiger charge is -2.24. The van der Waals surface area contributed by atoms with Crippen LogP contribution in [0.1, 0.15) is 12.0 Å². The first-order chi connectivity index (χ1) is 12.1. The van der Waals surface area contributed by atoms with Crippen molar-refractivity contribution in [1.82, 2.24) is 4.31 Å². The molecule has 142 valence electrons. The molecule has 0 amide bonds. The number of hydrogen-bond acceptors (Lipinski definition) is 5. The van der Waals surface area contributed by atoms with Gasteiger partial charge in [0.2, 0.25) is 10.0 Å². The van der Waals surface area contributed by atoms with E-state index in [0.717, 1.165) is 5.56 Å². The second-order valence-electron chi connectivity index (χ2n) is 5.77. The minimum atomic E-state index is -3.66. The van der Waals surface area contributed by atoms with E-state index in [2.05, 4.69) is 0 Å². The highest BCUT2D eigenvalue weighted by atomic mass is 35.5. The topological polar surface area (TPSA) is 81.9 Å². The molecule has 0 unspecified atom stereocenters. The summed E-state index contributed by atoms with van der Waals surface area (Å²) in [5.74, 6) is 1.03. The van der Waals surface area contributed by atoms with Crippen molar-refractivity contribution < 1.29 is 17.9 Å². The Morgan fingerprint density at radius 3 is 2.38 bits per heavy atom. The van der Waals surface area contributed by atoms with Crippen LogP contribution in [0.3, 0.4) is 0 Å². The Balaban J connectivity index is 0.00000243. The number of benzene rings is 2. The largest absolute Gasteiger partial charge is 0.486 e. The number of nitrogens with zero attached hydrogens (tertiary/aromatic N) is 1.